The third-order valence-corrected chi connectivity index (χ3v) is 3.82. The first-order valence-electron chi connectivity index (χ1n) is 5.95. The van der Waals surface area contributed by atoms with Gasteiger partial charge in [0.25, 0.3) is 0 Å². The van der Waals surface area contributed by atoms with E-state index in [0.29, 0.717) is 6.54 Å². The van der Waals surface area contributed by atoms with Gasteiger partial charge in [-0.2, -0.15) is 0 Å². The SMILES string of the molecule is OCC1(NCc2ccc(Cl)c(F)c2)CCCC1. The van der Waals surface area contributed by atoms with E-state index in [1.807, 2.05) is 0 Å². The monoisotopic (exact) mass is 257 g/mol. The second-order valence-corrected chi connectivity index (χ2v) is 5.15. The van der Waals surface area contributed by atoms with E-state index in [-0.39, 0.29) is 17.2 Å². The molecule has 94 valence electrons. The number of rotatable bonds is 4. The Hall–Kier alpha value is -0.640. The highest BCUT2D eigenvalue weighted by atomic mass is 35.5. The summed E-state index contributed by atoms with van der Waals surface area (Å²) in [6.45, 7) is 0.706. The molecule has 0 atom stereocenters. The Morgan fingerprint density at radius 2 is 2.06 bits per heavy atom. The summed E-state index contributed by atoms with van der Waals surface area (Å²) in [4.78, 5) is 0. The maximum Gasteiger partial charge on any atom is 0.142 e. The third kappa shape index (κ3) is 2.97. The van der Waals surface area contributed by atoms with Crippen molar-refractivity contribution in [2.45, 2.75) is 37.8 Å². The van der Waals surface area contributed by atoms with Crippen LogP contribution >= 0.6 is 11.6 Å². The summed E-state index contributed by atoms with van der Waals surface area (Å²) >= 11 is 5.63. The maximum absolute atomic E-state index is 13.2. The van der Waals surface area contributed by atoms with Gasteiger partial charge in [-0.3, -0.25) is 0 Å². The van der Waals surface area contributed by atoms with E-state index in [0.717, 1.165) is 31.2 Å². The van der Waals surface area contributed by atoms with Gasteiger partial charge < -0.3 is 10.4 Å². The second-order valence-electron chi connectivity index (χ2n) is 4.75. The predicted molar refractivity (Wildman–Crippen MR) is 66.5 cm³/mol. The minimum absolute atomic E-state index is 0.142. The van der Waals surface area contributed by atoms with Crippen LogP contribution in [0.1, 0.15) is 31.2 Å². The van der Waals surface area contributed by atoms with Crippen molar-refractivity contribution in [3.05, 3.63) is 34.6 Å². The smallest absolute Gasteiger partial charge is 0.142 e. The predicted octanol–water partition coefficient (Wildman–Crippen LogP) is 2.87. The molecule has 1 aromatic carbocycles. The van der Waals surface area contributed by atoms with Crippen LogP contribution in [0.25, 0.3) is 0 Å². The molecule has 17 heavy (non-hydrogen) atoms. The van der Waals surface area contributed by atoms with Crippen molar-refractivity contribution in [1.82, 2.24) is 5.32 Å². The lowest BCUT2D eigenvalue weighted by Crippen LogP contribution is -2.45. The van der Waals surface area contributed by atoms with Crippen molar-refractivity contribution in [3.63, 3.8) is 0 Å². The van der Waals surface area contributed by atoms with Crippen LogP contribution in [0, 0.1) is 5.82 Å². The van der Waals surface area contributed by atoms with Crippen molar-refractivity contribution in [3.8, 4) is 0 Å². The zero-order valence-corrected chi connectivity index (χ0v) is 10.4. The van der Waals surface area contributed by atoms with Crippen LogP contribution in [0.15, 0.2) is 18.2 Å². The molecule has 0 saturated heterocycles. The lowest BCUT2D eigenvalue weighted by Gasteiger charge is -2.28. The molecule has 0 radical (unpaired) electrons. The van der Waals surface area contributed by atoms with Crippen molar-refractivity contribution in [1.29, 1.82) is 0 Å². The Morgan fingerprint density at radius 3 is 2.65 bits per heavy atom. The quantitative estimate of drug-likeness (QED) is 0.869. The fourth-order valence-electron chi connectivity index (χ4n) is 2.38. The average Bonchev–Trinajstić information content (AvgIpc) is 2.80. The molecule has 0 amide bonds. The summed E-state index contributed by atoms with van der Waals surface area (Å²) in [7, 11) is 0. The molecule has 1 aliphatic carbocycles. The van der Waals surface area contributed by atoms with Gasteiger partial charge in [-0.25, -0.2) is 4.39 Å². The van der Waals surface area contributed by atoms with Crippen molar-refractivity contribution in [2.24, 2.45) is 0 Å². The van der Waals surface area contributed by atoms with Gasteiger partial charge >= 0.3 is 0 Å². The van der Waals surface area contributed by atoms with Crippen LogP contribution in [0.4, 0.5) is 4.39 Å². The third-order valence-electron chi connectivity index (χ3n) is 3.51. The van der Waals surface area contributed by atoms with Gasteiger partial charge in [0.15, 0.2) is 0 Å². The molecule has 1 aliphatic rings. The molecule has 4 heteroatoms. The van der Waals surface area contributed by atoms with Crippen LogP contribution in [0.3, 0.4) is 0 Å². The summed E-state index contributed by atoms with van der Waals surface area (Å²) in [5.74, 6) is -0.393. The van der Waals surface area contributed by atoms with Gasteiger partial charge in [0, 0.05) is 12.1 Å². The fourth-order valence-corrected chi connectivity index (χ4v) is 2.50. The standard InChI is InChI=1S/C13H17ClFNO/c14-11-4-3-10(7-12(11)15)8-16-13(9-17)5-1-2-6-13/h3-4,7,16-17H,1-2,5-6,8-9H2. The number of aliphatic hydroxyl groups is 1. The Labute approximate surface area is 106 Å². The van der Waals surface area contributed by atoms with Crippen LogP contribution in [0.5, 0.6) is 0 Å². The summed E-state index contributed by atoms with van der Waals surface area (Å²) in [5.41, 5.74) is 0.683. The first-order valence-corrected chi connectivity index (χ1v) is 6.33. The van der Waals surface area contributed by atoms with E-state index in [1.54, 1.807) is 12.1 Å². The number of halogens is 2. The molecule has 0 aliphatic heterocycles. The fraction of sp³-hybridized carbons (Fsp3) is 0.538. The van der Waals surface area contributed by atoms with Gasteiger partial charge in [0.1, 0.15) is 5.82 Å². The largest absolute Gasteiger partial charge is 0.394 e. The molecular weight excluding hydrogens is 241 g/mol. The maximum atomic E-state index is 13.2. The molecule has 2 rings (SSSR count). The first-order chi connectivity index (χ1) is 8.15. The van der Waals surface area contributed by atoms with Crippen LogP contribution in [0.2, 0.25) is 5.02 Å². The Morgan fingerprint density at radius 1 is 1.35 bits per heavy atom. The minimum Gasteiger partial charge on any atom is -0.394 e. The van der Waals surface area contributed by atoms with E-state index in [9.17, 15) is 9.50 Å². The van der Waals surface area contributed by atoms with Crippen molar-refractivity contribution in [2.75, 3.05) is 6.61 Å². The highest BCUT2D eigenvalue weighted by Crippen LogP contribution is 2.29. The number of aliphatic hydroxyl groups excluding tert-OH is 1. The number of hydrogen-bond donors (Lipinski definition) is 2. The van der Waals surface area contributed by atoms with E-state index in [1.165, 1.54) is 6.07 Å². The molecule has 0 heterocycles. The van der Waals surface area contributed by atoms with Crippen LogP contribution < -0.4 is 5.32 Å². The summed E-state index contributed by atoms with van der Waals surface area (Å²) in [6, 6.07) is 4.81. The normalized spacial score (nSPS) is 18.5. The lowest BCUT2D eigenvalue weighted by atomic mass is 9.98. The molecule has 0 bridgehead atoms. The van der Waals surface area contributed by atoms with Gasteiger partial charge in [-0.05, 0) is 30.5 Å². The summed E-state index contributed by atoms with van der Waals surface area (Å²) < 4.78 is 13.2. The van der Waals surface area contributed by atoms with Crippen LogP contribution in [-0.4, -0.2) is 17.3 Å². The minimum atomic E-state index is -0.393. The molecule has 1 fully saturated rings. The number of hydrogen-bond acceptors (Lipinski definition) is 2. The molecule has 2 nitrogen and oxygen atoms in total. The van der Waals surface area contributed by atoms with Crippen LogP contribution in [-0.2, 0) is 6.54 Å². The van der Waals surface area contributed by atoms with E-state index in [2.05, 4.69) is 5.32 Å². The van der Waals surface area contributed by atoms with Gasteiger partial charge in [-0.15, -0.1) is 0 Å². The molecule has 0 unspecified atom stereocenters. The van der Waals surface area contributed by atoms with Gasteiger partial charge in [0.05, 0.1) is 11.6 Å². The molecule has 1 saturated carbocycles. The van der Waals surface area contributed by atoms with Gasteiger partial charge in [0.2, 0.25) is 0 Å². The molecule has 2 N–H and O–H groups in total. The molecule has 0 aromatic heterocycles. The number of nitrogens with one attached hydrogen (secondary N) is 1. The molecular formula is C13H17ClFNO. The second kappa shape index (κ2) is 5.34. The van der Waals surface area contributed by atoms with E-state index >= 15 is 0 Å². The summed E-state index contributed by atoms with van der Waals surface area (Å²) in [6.07, 6.45) is 4.25. The molecule has 0 spiro atoms. The zero-order valence-electron chi connectivity index (χ0n) is 9.68. The van der Waals surface area contributed by atoms with Gasteiger partial charge in [-0.1, -0.05) is 30.5 Å². The number of benzene rings is 1. The Bertz CT molecular complexity index is 391. The highest BCUT2D eigenvalue weighted by molar-refractivity contribution is 6.30. The van der Waals surface area contributed by atoms with E-state index in [4.69, 9.17) is 11.6 Å². The van der Waals surface area contributed by atoms with Crippen molar-refractivity contribution < 1.29 is 9.50 Å². The summed E-state index contributed by atoms with van der Waals surface area (Å²) in [5, 5.41) is 12.9. The Balaban J connectivity index is 1.99. The first kappa shape index (κ1) is 12.8. The zero-order chi connectivity index (χ0) is 12.3. The van der Waals surface area contributed by atoms with E-state index < -0.39 is 5.82 Å². The topological polar surface area (TPSA) is 32.3 Å². The molecule has 1 aromatic rings. The van der Waals surface area contributed by atoms with Crippen molar-refractivity contribution >= 4 is 11.6 Å². The Kier molecular flexibility index (Phi) is 4.02. The lowest BCUT2D eigenvalue weighted by molar-refractivity contribution is 0.163. The highest BCUT2D eigenvalue weighted by Gasteiger charge is 2.32. The average molecular weight is 258 g/mol.